The van der Waals surface area contributed by atoms with Gasteiger partial charge in [-0.15, -0.1) is 0 Å². The SMILES string of the molecule is CS(=O)(=O)NC1=NCC(c2cccc(OCCO)c2)N1c1ccc(Cl)cc1. The highest BCUT2D eigenvalue weighted by Crippen LogP contribution is 2.33. The molecule has 7 nitrogen and oxygen atoms in total. The number of halogens is 1. The molecule has 9 heteroatoms. The molecule has 0 amide bonds. The summed E-state index contributed by atoms with van der Waals surface area (Å²) in [5.74, 6) is 0.883. The second-order valence-corrected chi connectivity index (χ2v) is 8.23. The third kappa shape index (κ3) is 4.91. The van der Waals surface area contributed by atoms with E-state index in [4.69, 9.17) is 21.4 Å². The molecule has 1 aliphatic heterocycles. The molecule has 1 unspecified atom stereocenters. The van der Waals surface area contributed by atoms with Gasteiger partial charge in [-0.05, 0) is 42.0 Å². The van der Waals surface area contributed by atoms with Crippen LogP contribution in [0, 0.1) is 0 Å². The van der Waals surface area contributed by atoms with Gasteiger partial charge in [0.2, 0.25) is 16.0 Å². The normalized spacial score (nSPS) is 16.9. The number of hydrogen-bond acceptors (Lipinski definition) is 6. The van der Waals surface area contributed by atoms with Crippen LogP contribution in [0.1, 0.15) is 11.6 Å². The number of aliphatic imine (C=N–C) groups is 1. The van der Waals surface area contributed by atoms with Crippen LogP contribution in [0.4, 0.5) is 5.69 Å². The molecule has 0 spiro atoms. The Morgan fingerprint density at radius 3 is 2.70 bits per heavy atom. The quantitative estimate of drug-likeness (QED) is 0.763. The van der Waals surface area contributed by atoms with Crippen molar-refractivity contribution in [3.05, 3.63) is 59.1 Å². The van der Waals surface area contributed by atoms with E-state index in [1.165, 1.54) is 0 Å². The van der Waals surface area contributed by atoms with Crippen LogP contribution >= 0.6 is 11.6 Å². The number of anilines is 1. The van der Waals surface area contributed by atoms with Gasteiger partial charge >= 0.3 is 0 Å². The van der Waals surface area contributed by atoms with E-state index in [1.807, 2.05) is 35.2 Å². The molecule has 2 aromatic carbocycles. The maximum atomic E-state index is 11.8. The van der Waals surface area contributed by atoms with E-state index in [2.05, 4.69) is 9.71 Å². The van der Waals surface area contributed by atoms with Crippen LogP contribution in [0.2, 0.25) is 5.02 Å². The lowest BCUT2D eigenvalue weighted by Gasteiger charge is -2.28. The number of aliphatic hydroxyl groups excluding tert-OH is 1. The third-order valence-electron chi connectivity index (χ3n) is 3.94. The summed E-state index contributed by atoms with van der Waals surface area (Å²) in [5.41, 5.74) is 1.67. The smallest absolute Gasteiger partial charge is 0.232 e. The van der Waals surface area contributed by atoms with Crippen molar-refractivity contribution >= 4 is 33.3 Å². The molecule has 0 bridgehead atoms. The molecule has 0 fully saturated rings. The van der Waals surface area contributed by atoms with E-state index in [1.54, 1.807) is 18.2 Å². The van der Waals surface area contributed by atoms with Gasteiger partial charge in [-0.1, -0.05) is 23.7 Å². The second kappa shape index (κ2) is 8.16. The van der Waals surface area contributed by atoms with Crippen LogP contribution in [0.15, 0.2) is 53.5 Å². The van der Waals surface area contributed by atoms with Crippen molar-refractivity contribution in [3.8, 4) is 5.75 Å². The van der Waals surface area contributed by atoms with Crippen LogP contribution in [0.25, 0.3) is 0 Å². The van der Waals surface area contributed by atoms with Gasteiger partial charge in [0.1, 0.15) is 12.4 Å². The summed E-state index contributed by atoms with van der Waals surface area (Å²) >= 11 is 5.99. The molecule has 1 aliphatic rings. The number of aliphatic hydroxyl groups is 1. The summed E-state index contributed by atoms with van der Waals surface area (Å²) in [7, 11) is -3.48. The Labute approximate surface area is 163 Å². The average Bonchev–Trinajstić information content (AvgIpc) is 3.02. The third-order valence-corrected chi connectivity index (χ3v) is 4.74. The Balaban J connectivity index is 1.95. The van der Waals surface area contributed by atoms with Crippen molar-refractivity contribution < 1.29 is 18.3 Å². The standard InChI is InChI=1S/C18H20ClN3O4S/c1-27(24,25)21-18-20-12-17(22(18)15-7-5-14(19)6-8-15)13-3-2-4-16(11-13)26-10-9-23/h2-8,11,17,23H,9-10,12H2,1H3,(H,20,21). The van der Waals surface area contributed by atoms with Crippen LogP contribution < -0.4 is 14.4 Å². The second-order valence-electron chi connectivity index (χ2n) is 6.05. The molecule has 1 heterocycles. The first kappa shape index (κ1) is 19.5. The summed E-state index contributed by atoms with van der Waals surface area (Å²) < 4.78 is 31.5. The Morgan fingerprint density at radius 1 is 1.30 bits per heavy atom. The minimum absolute atomic E-state index is 0.0733. The van der Waals surface area contributed by atoms with Gasteiger partial charge in [-0.2, -0.15) is 0 Å². The molecule has 3 rings (SSSR count). The average molecular weight is 410 g/mol. The summed E-state index contributed by atoms with van der Waals surface area (Å²) in [6.45, 7) is 0.506. The molecule has 2 N–H and O–H groups in total. The van der Waals surface area contributed by atoms with E-state index in [-0.39, 0.29) is 25.2 Å². The van der Waals surface area contributed by atoms with E-state index < -0.39 is 10.0 Å². The van der Waals surface area contributed by atoms with Crippen LogP contribution in [0.3, 0.4) is 0 Å². The zero-order valence-electron chi connectivity index (χ0n) is 14.7. The van der Waals surface area contributed by atoms with Gasteiger partial charge in [0.05, 0.1) is 25.4 Å². The Morgan fingerprint density at radius 2 is 2.04 bits per heavy atom. The molecule has 27 heavy (non-hydrogen) atoms. The van der Waals surface area contributed by atoms with Crippen molar-refractivity contribution in [3.63, 3.8) is 0 Å². The Kier molecular flexibility index (Phi) is 5.88. The molecule has 0 saturated carbocycles. The van der Waals surface area contributed by atoms with Crippen molar-refractivity contribution in [1.82, 2.24) is 4.72 Å². The summed E-state index contributed by atoms with van der Waals surface area (Å²) in [6, 6.07) is 14.3. The number of guanidine groups is 1. The topological polar surface area (TPSA) is 91.2 Å². The van der Waals surface area contributed by atoms with Crippen LogP contribution in [-0.2, 0) is 10.0 Å². The van der Waals surface area contributed by atoms with E-state index in [0.29, 0.717) is 17.3 Å². The molecule has 0 saturated heterocycles. The van der Waals surface area contributed by atoms with Gasteiger partial charge < -0.3 is 14.7 Å². The largest absolute Gasteiger partial charge is 0.491 e. The number of benzene rings is 2. The number of nitrogens with one attached hydrogen (secondary N) is 1. The maximum Gasteiger partial charge on any atom is 0.232 e. The lowest BCUT2D eigenvalue weighted by Crippen LogP contribution is -2.42. The first-order valence-electron chi connectivity index (χ1n) is 8.28. The number of ether oxygens (including phenoxy) is 1. The monoisotopic (exact) mass is 409 g/mol. The van der Waals surface area contributed by atoms with Gasteiger partial charge in [-0.25, -0.2) is 13.4 Å². The van der Waals surface area contributed by atoms with Crippen molar-refractivity contribution in [2.75, 3.05) is 30.9 Å². The first-order chi connectivity index (χ1) is 12.9. The van der Waals surface area contributed by atoms with Gasteiger partial charge in [0.15, 0.2) is 0 Å². The molecule has 0 aliphatic carbocycles. The lowest BCUT2D eigenvalue weighted by atomic mass is 10.1. The summed E-state index contributed by atoms with van der Waals surface area (Å²) in [6.07, 6.45) is 1.09. The zero-order chi connectivity index (χ0) is 19.4. The first-order valence-corrected chi connectivity index (χ1v) is 10.5. The predicted molar refractivity (Wildman–Crippen MR) is 106 cm³/mol. The molecule has 1 atom stereocenters. The minimum atomic E-state index is -3.48. The van der Waals surface area contributed by atoms with Gasteiger partial charge in [-0.3, -0.25) is 4.72 Å². The zero-order valence-corrected chi connectivity index (χ0v) is 16.2. The lowest BCUT2D eigenvalue weighted by molar-refractivity contribution is 0.201. The van der Waals surface area contributed by atoms with Crippen LogP contribution in [0.5, 0.6) is 5.75 Å². The minimum Gasteiger partial charge on any atom is -0.491 e. The Hall–Kier alpha value is -2.29. The highest BCUT2D eigenvalue weighted by Gasteiger charge is 2.32. The highest BCUT2D eigenvalue weighted by molar-refractivity contribution is 7.89. The fraction of sp³-hybridized carbons (Fsp3) is 0.278. The molecule has 2 aromatic rings. The van der Waals surface area contributed by atoms with Crippen molar-refractivity contribution in [2.24, 2.45) is 4.99 Å². The van der Waals surface area contributed by atoms with Crippen molar-refractivity contribution in [2.45, 2.75) is 6.04 Å². The van der Waals surface area contributed by atoms with E-state index >= 15 is 0 Å². The molecule has 0 radical (unpaired) electrons. The van der Waals surface area contributed by atoms with Gasteiger partial charge in [0, 0.05) is 10.7 Å². The molecule has 0 aromatic heterocycles. The Bertz CT molecular complexity index is 932. The number of hydrogen-bond donors (Lipinski definition) is 2. The predicted octanol–water partition coefficient (Wildman–Crippen LogP) is 2.18. The maximum absolute atomic E-state index is 11.8. The molecular weight excluding hydrogens is 390 g/mol. The van der Waals surface area contributed by atoms with Crippen molar-refractivity contribution in [1.29, 1.82) is 0 Å². The van der Waals surface area contributed by atoms with Gasteiger partial charge in [0.25, 0.3) is 0 Å². The number of rotatable bonds is 6. The fourth-order valence-electron chi connectivity index (χ4n) is 2.86. The fourth-order valence-corrected chi connectivity index (χ4v) is 3.48. The number of sulfonamides is 1. The van der Waals surface area contributed by atoms with Crippen LogP contribution in [-0.4, -0.2) is 45.5 Å². The van der Waals surface area contributed by atoms with E-state index in [9.17, 15) is 8.42 Å². The number of nitrogens with zero attached hydrogens (tertiary/aromatic N) is 2. The highest BCUT2D eigenvalue weighted by atomic mass is 35.5. The van der Waals surface area contributed by atoms with E-state index in [0.717, 1.165) is 17.5 Å². The summed E-state index contributed by atoms with van der Waals surface area (Å²) in [4.78, 5) is 6.21. The molecular formula is C18H20ClN3O4S. The molecule has 144 valence electrons. The summed E-state index contributed by atoms with van der Waals surface area (Å²) in [5, 5.41) is 9.52.